The van der Waals surface area contributed by atoms with Gasteiger partial charge in [0.2, 0.25) is 5.91 Å². The lowest BCUT2D eigenvalue weighted by molar-refractivity contribution is -0.117. The molecule has 0 aromatic heterocycles. The Kier molecular flexibility index (Phi) is 6.93. The van der Waals surface area contributed by atoms with Crippen molar-refractivity contribution >= 4 is 35.6 Å². The Balaban J connectivity index is 0.00000240. The minimum Gasteiger partial charge on any atom is -0.325 e. The molecular weight excluding hydrogens is 386 g/mol. The molecule has 1 saturated heterocycles. The number of carbonyl (C=O) groups is 2. The number of fused-ring (bicyclic) bond motifs is 1. The molecule has 5 nitrogen and oxygen atoms in total. The van der Waals surface area contributed by atoms with Crippen molar-refractivity contribution in [2.24, 2.45) is 5.92 Å². The number of para-hydroxylation sites is 1. The maximum Gasteiger partial charge on any atom is 0.258 e. The summed E-state index contributed by atoms with van der Waals surface area (Å²) in [6.07, 6.45) is 5.82. The molecule has 1 saturated carbocycles. The summed E-state index contributed by atoms with van der Waals surface area (Å²) >= 11 is 0. The van der Waals surface area contributed by atoms with E-state index in [0.717, 1.165) is 12.1 Å². The van der Waals surface area contributed by atoms with Gasteiger partial charge in [0.25, 0.3) is 5.91 Å². The van der Waals surface area contributed by atoms with E-state index in [4.69, 9.17) is 0 Å². The summed E-state index contributed by atoms with van der Waals surface area (Å²) in [5.41, 5.74) is 2.05. The molecule has 2 N–H and O–H groups in total. The van der Waals surface area contributed by atoms with Crippen LogP contribution in [0, 0.1) is 5.92 Å². The van der Waals surface area contributed by atoms with Crippen molar-refractivity contribution in [1.29, 1.82) is 0 Å². The van der Waals surface area contributed by atoms with Gasteiger partial charge in [-0.3, -0.25) is 9.59 Å². The second-order valence-electron chi connectivity index (χ2n) is 7.88. The summed E-state index contributed by atoms with van der Waals surface area (Å²) in [6.45, 7) is 0. The van der Waals surface area contributed by atoms with Gasteiger partial charge in [0.15, 0.2) is 0 Å². The molecule has 2 aliphatic rings. The van der Waals surface area contributed by atoms with Crippen molar-refractivity contribution in [2.75, 3.05) is 17.3 Å². The largest absolute Gasteiger partial charge is 0.325 e. The average Bonchev–Trinajstić information content (AvgIpc) is 3.18. The molecule has 0 radical (unpaired) electrons. The van der Waals surface area contributed by atoms with Gasteiger partial charge in [-0.25, -0.2) is 0 Å². The summed E-state index contributed by atoms with van der Waals surface area (Å²) in [5.74, 6) is 0.514. The summed E-state index contributed by atoms with van der Waals surface area (Å²) < 4.78 is 0. The van der Waals surface area contributed by atoms with E-state index in [0.29, 0.717) is 23.2 Å². The van der Waals surface area contributed by atoms with Gasteiger partial charge >= 0.3 is 0 Å². The van der Waals surface area contributed by atoms with E-state index in [9.17, 15) is 9.59 Å². The second kappa shape index (κ2) is 9.42. The number of halogens is 1. The molecule has 0 bridgehead atoms. The molecular formula is C23H28ClN3O2. The van der Waals surface area contributed by atoms with E-state index in [1.165, 1.54) is 25.7 Å². The van der Waals surface area contributed by atoms with Crippen LogP contribution in [-0.2, 0) is 4.79 Å². The smallest absolute Gasteiger partial charge is 0.258 e. The Labute approximate surface area is 178 Å². The van der Waals surface area contributed by atoms with Crippen molar-refractivity contribution in [3.05, 3.63) is 60.2 Å². The third kappa shape index (κ3) is 4.80. The fourth-order valence-corrected chi connectivity index (χ4v) is 4.44. The van der Waals surface area contributed by atoms with Gasteiger partial charge in [-0.05, 0) is 55.5 Å². The molecule has 2 fully saturated rings. The molecule has 2 amide bonds. The highest BCUT2D eigenvalue weighted by Gasteiger charge is 2.38. The Hall–Kier alpha value is -2.37. The third-order valence-electron chi connectivity index (χ3n) is 6.00. The summed E-state index contributed by atoms with van der Waals surface area (Å²) in [4.78, 5) is 27.2. The number of rotatable bonds is 4. The molecule has 2 aromatic rings. The van der Waals surface area contributed by atoms with Crippen LogP contribution >= 0.6 is 12.4 Å². The highest BCUT2D eigenvalue weighted by molar-refractivity contribution is 6.06. The Morgan fingerprint density at radius 1 is 1.03 bits per heavy atom. The zero-order chi connectivity index (χ0) is 19.5. The van der Waals surface area contributed by atoms with Gasteiger partial charge in [0.05, 0.1) is 6.04 Å². The van der Waals surface area contributed by atoms with Crippen LogP contribution in [0.4, 0.5) is 11.4 Å². The second-order valence-corrected chi connectivity index (χ2v) is 7.88. The molecule has 1 aliphatic carbocycles. The SMILES string of the molecule is CN(C(=O)c1cccc(NC(=O)C2CC3CCCCC3N2)c1)c1ccccc1.Cl. The van der Waals surface area contributed by atoms with E-state index in [-0.39, 0.29) is 30.3 Å². The number of nitrogens with one attached hydrogen (secondary N) is 2. The van der Waals surface area contributed by atoms with Crippen molar-refractivity contribution in [3.8, 4) is 0 Å². The van der Waals surface area contributed by atoms with Gasteiger partial charge in [-0.2, -0.15) is 0 Å². The van der Waals surface area contributed by atoms with Gasteiger partial charge in [0, 0.05) is 30.0 Å². The highest BCUT2D eigenvalue weighted by Crippen LogP contribution is 2.33. The normalized spacial score (nSPS) is 22.9. The molecule has 3 unspecified atom stereocenters. The number of amides is 2. The molecule has 2 aromatic carbocycles. The van der Waals surface area contributed by atoms with Crippen LogP contribution in [0.15, 0.2) is 54.6 Å². The van der Waals surface area contributed by atoms with Crippen molar-refractivity contribution in [2.45, 2.75) is 44.2 Å². The fraction of sp³-hybridized carbons (Fsp3) is 0.391. The Morgan fingerprint density at radius 2 is 1.79 bits per heavy atom. The number of hydrogen-bond acceptors (Lipinski definition) is 3. The van der Waals surface area contributed by atoms with E-state index in [1.54, 1.807) is 24.1 Å². The minimum absolute atomic E-state index is 0. The topological polar surface area (TPSA) is 61.4 Å². The lowest BCUT2D eigenvalue weighted by Crippen LogP contribution is -2.39. The first-order chi connectivity index (χ1) is 13.6. The predicted molar refractivity (Wildman–Crippen MR) is 119 cm³/mol. The quantitative estimate of drug-likeness (QED) is 0.787. The molecule has 0 spiro atoms. The lowest BCUT2D eigenvalue weighted by Gasteiger charge is -2.24. The predicted octanol–water partition coefficient (Wildman–Crippen LogP) is 4.24. The summed E-state index contributed by atoms with van der Waals surface area (Å²) in [7, 11) is 1.76. The van der Waals surface area contributed by atoms with Gasteiger partial charge in [0.1, 0.15) is 0 Å². The molecule has 4 rings (SSSR count). The minimum atomic E-state index is -0.139. The zero-order valence-corrected chi connectivity index (χ0v) is 17.5. The average molecular weight is 414 g/mol. The maximum absolute atomic E-state index is 12.8. The molecule has 29 heavy (non-hydrogen) atoms. The molecule has 1 heterocycles. The van der Waals surface area contributed by atoms with Gasteiger partial charge in [-0.1, -0.05) is 37.1 Å². The van der Waals surface area contributed by atoms with E-state index in [2.05, 4.69) is 10.6 Å². The molecule has 6 heteroatoms. The molecule has 1 aliphatic heterocycles. The standard InChI is InChI=1S/C23H27N3O2.ClH/c1-26(19-11-3-2-4-12-19)23(28)17-9-7-10-18(14-17)24-22(27)21-15-16-8-5-6-13-20(16)25-21;/h2-4,7,9-12,14,16,20-21,25H,5-6,8,13,15H2,1H3,(H,24,27);1H. The molecule has 3 atom stereocenters. The maximum atomic E-state index is 12.8. The summed E-state index contributed by atoms with van der Waals surface area (Å²) in [5, 5.41) is 6.50. The summed E-state index contributed by atoms with van der Waals surface area (Å²) in [6, 6.07) is 17.0. The zero-order valence-electron chi connectivity index (χ0n) is 16.6. The number of anilines is 2. The van der Waals surface area contributed by atoms with E-state index < -0.39 is 0 Å². The first-order valence-electron chi connectivity index (χ1n) is 10.1. The van der Waals surface area contributed by atoms with Crippen LogP contribution in [0.3, 0.4) is 0 Å². The monoisotopic (exact) mass is 413 g/mol. The number of hydrogen-bond donors (Lipinski definition) is 2. The lowest BCUT2D eigenvalue weighted by atomic mass is 9.85. The van der Waals surface area contributed by atoms with E-state index >= 15 is 0 Å². The van der Waals surface area contributed by atoms with Gasteiger partial charge < -0.3 is 15.5 Å². The first kappa shape index (κ1) is 21.3. The van der Waals surface area contributed by atoms with Crippen LogP contribution in [0.5, 0.6) is 0 Å². The van der Waals surface area contributed by atoms with Crippen LogP contribution in [0.2, 0.25) is 0 Å². The van der Waals surface area contributed by atoms with Crippen molar-refractivity contribution in [1.82, 2.24) is 5.32 Å². The highest BCUT2D eigenvalue weighted by atomic mass is 35.5. The fourth-order valence-electron chi connectivity index (χ4n) is 4.44. The van der Waals surface area contributed by atoms with Gasteiger partial charge in [-0.15, -0.1) is 12.4 Å². The Bertz CT molecular complexity index is 844. The Morgan fingerprint density at radius 3 is 2.55 bits per heavy atom. The number of carbonyl (C=O) groups excluding carboxylic acids is 2. The third-order valence-corrected chi connectivity index (χ3v) is 6.00. The van der Waals surface area contributed by atoms with E-state index in [1.807, 2.05) is 42.5 Å². The number of benzene rings is 2. The first-order valence-corrected chi connectivity index (χ1v) is 10.1. The van der Waals surface area contributed by atoms with Crippen molar-refractivity contribution in [3.63, 3.8) is 0 Å². The van der Waals surface area contributed by atoms with Crippen LogP contribution in [0.1, 0.15) is 42.5 Å². The van der Waals surface area contributed by atoms with Crippen LogP contribution in [0.25, 0.3) is 0 Å². The number of nitrogens with zero attached hydrogens (tertiary/aromatic N) is 1. The van der Waals surface area contributed by atoms with Crippen LogP contribution in [-0.4, -0.2) is 30.9 Å². The van der Waals surface area contributed by atoms with Crippen molar-refractivity contribution < 1.29 is 9.59 Å². The molecule has 154 valence electrons. The van der Waals surface area contributed by atoms with Crippen LogP contribution < -0.4 is 15.5 Å².